The van der Waals surface area contributed by atoms with E-state index in [1.54, 1.807) is 0 Å². The number of hydrogen-bond donors (Lipinski definition) is 0. The summed E-state index contributed by atoms with van der Waals surface area (Å²) in [5.41, 5.74) is 3.77. The molecule has 1 aromatic heterocycles. The maximum absolute atomic E-state index is 11.8. The van der Waals surface area contributed by atoms with Crippen molar-refractivity contribution in [1.29, 1.82) is 0 Å². The highest BCUT2D eigenvalue weighted by Crippen LogP contribution is 2.31. The van der Waals surface area contributed by atoms with Crippen molar-refractivity contribution in [2.24, 2.45) is 0 Å². The number of nitrogens with zero attached hydrogens (tertiary/aromatic N) is 2. The van der Waals surface area contributed by atoms with E-state index in [4.69, 9.17) is 9.26 Å². The van der Waals surface area contributed by atoms with Gasteiger partial charge in [-0.2, -0.15) is 4.98 Å². The van der Waals surface area contributed by atoms with Crippen LogP contribution in [0.4, 0.5) is 0 Å². The molecule has 2 aromatic carbocycles. The van der Waals surface area contributed by atoms with E-state index < -0.39 is 0 Å². The molecule has 0 bridgehead atoms. The van der Waals surface area contributed by atoms with Gasteiger partial charge in [0.25, 0.3) is 5.89 Å². The minimum atomic E-state index is 0.176. The molecule has 3 aromatic rings. The SMILES string of the molecule is Cc1ccccc1-c1noc(COc2cccc3c2CCC3=O)n1. The van der Waals surface area contributed by atoms with Crippen molar-refractivity contribution in [3.05, 3.63) is 65.0 Å². The summed E-state index contributed by atoms with van der Waals surface area (Å²) < 4.78 is 11.1. The van der Waals surface area contributed by atoms with Gasteiger partial charge in [-0.25, -0.2) is 0 Å². The quantitative estimate of drug-likeness (QED) is 0.732. The molecule has 24 heavy (non-hydrogen) atoms. The molecule has 1 aliphatic carbocycles. The second-order valence-electron chi connectivity index (χ2n) is 5.82. The number of aromatic nitrogens is 2. The monoisotopic (exact) mass is 320 g/mol. The Bertz CT molecular complexity index is 914. The summed E-state index contributed by atoms with van der Waals surface area (Å²) in [4.78, 5) is 16.2. The van der Waals surface area contributed by atoms with Gasteiger partial charge in [-0.15, -0.1) is 0 Å². The normalized spacial score (nSPS) is 13.1. The summed E-state index contributed by atoms with van der Waals surface area (Å²) in [5.74, 6) is 1.86. The number of ketones is 1. The molecule has 0 unspecified atom stereocenters. The van der Waals surface area contributed by atoms with Crippen LogP contribution in [0.25, 0.3) is 11.4 Å². The summed E-state index contributed by atoms with van der Waals surface area (Å²) in [7, 11) is 0. The first-order valence-electron chi connectivity index (χ1n) is 7.89. The van der Waals surface area contributed by atoms with Gasteiger partial charge in [0.1, 0.15) is 5.75 Å². The molecule has 5 heteroatoms. The van der Waals surface area contributed by atoms with Crippen molar-refractivity contribution in [3.63, 3.8) is 0 Å². The zero-order valence-corrected chi connectivity index (χ0v) is 13.3. The number of hydrogen-bond acceptors (Lipinski definition) is 5. The first kappa shape index (κ1) is 14.6. The molecule has 5 nitrogen and oxygen atoms in total. The smallest absolute Gasteiger partial charge is 0.264 e. The molecule has 0 radical (unpaired) electrons. The number of carbonyl (C=O) groups excluding carboxylic acids is 1. The fourth-order valence-corrected chi connectivity index (χ4v) is 2.98. The van der Waals surface area contributed by atoms with Crippen molar-refractivity contribution < 1.29 is 14.1 Å². The summed E-state index contributed by atoms with van der Waals surface area (Å²) in [5, 5.41) is 4.02. The Morgan fingerprint density at radius 2 is 1.92 bits per heavy atom. The van der Waals surface area contributed by atoms with Crippen LogP contribution in [-0.2, 0) is 13.0 Å². The van der Waals surface area contributed by atoms with Crippen LogP contribution < -0.4 is 4.74 Å². The van der Waals surface area contributed by atoms with Gasteiger partial charge >= 0.3 is 0 Å². The van der Waals surface area contributed by atoms with Crippen LogP contribution in [0.1, 0.15) is 33.8 Å². The van der Waals surface area contributed by atoms with Crippen molar-refractivity contribution in [2.75, 3.05) is 0 Å². The van der Waals surface area contributed by atoms with Crippen molar-refractivity contribution in [2.45, 2.75) is 26.4 Å². The molecular weight excluding hydrogens is 304 g/mol. The summed E-state index contributed by atoms with van der Waals surface area (Å²) in [6, 6.07) is 13.4. The lowest BCUT2D eigenvalue weighted by Gasteiger charge is -2.07. The summed E-state index contributed by atoms with van der Waals surface area (Å²) >= 11 is 0. The lowest BCUT2D eigenvalue weighted by molar-refractivity contribution is 0.0994. The molecule has 0 aliphatic heterocycles. The molecular formula is C19H16N2O3. The second kappa shape index (κ2) is 5.92. The number of fused-ring (bicyclic) bond motifs is 1. The van der Waals surface area contributed by atoms with Gasteiger partial charge in [-0.05, 0) is 25.0 Å². The Morgan fingerprint density at radius 3 is 2.79 bits per heavy atom. The van der Waals surface area contributed by atoms with Gasteiger partial charge in [-0.1, -0.05) is 41.6 Å². The minimum Gasteiger partial charge on any atom is -0.483 e. The van der Waals surface area contributed by atoms with E-state index in [2.05, 4.69) is 10.1 Å². The highest BCUT2D eigenvalue weighted by Gasteiger charge is 2.23. The molecule has 0 fully saturated rings. The fourth-order valence-electron chi connectivity index (χ4n) is 2.98. The Labute approximate surface area is 139 Å². The first-order chi connectivity index (χ1) is 11.7. The van der Waals surface area contributed by atoms with Crippen LogP contribution >= 0.6 is 0 Å². The van der Waals surface area contributed by atoms with Crippen LogP contribution in [0.3, 0.4) is 0 Å². The Kier molecular flexibility index (Phi) is 3.61. The van der Waals surface area contributed by atoms with Crippen LogP contribution in [0, 0.1) is 6.92 Å². The van der Waals surface area contributed by atoms with E-state index >= 15 is 0 Å². The third-order valence-corrected chi connectivity index (χ3v) is 4.24. The number of aryl methyl sites for hydroxylation is 1. The molecule has 120 valence electrons. The van der Waals surface area contributed by atoms with Crippen LogP contribution in [0.15, 0.2) is 47.0 Å². The van der Waals surface area contributed by atoms with Gasteiger partial charge in [-0.3, -0.25) is 4.79 Å². The number of carbonyl (C=O) groups is 1. The average Bonchev–Trinajstić information content (AvgIpc) is 3.21. The molecule has 0 saturated carbocycles. The van der Waals surface area contributed by atoms with Crippen molar-refractivity contribution in [1.82, 2.24) is 10.1 Å². The lowest BCUT2D eigenvalue weighted by Crippen LogP contribution is -1.99. The zero-order valence-electron chi connectivity index (χ0n) is 13.3. The van der Waals surface area contributed by atoms with E-state index in [-0.39, 0.29) is 12.4 Å². The molecule has 0 atom stereocenters. The molecule has 0 amide bonds. The topological polar surface area (TPSA) is 65.2 Å². The third kappa shape index (κ3) is 2.58. The molecule has 1 aliphatic rings. The van der Waals surface area contributed by atoms with Crippen molar-refractivity contribution >= 4 is 5.78 Å². The number of rotatable bonds is 4. The van der Waals surface area contributed by atoms with Crippen LogP contribution in [0.2, 0.25) is 0 Å². The van der Waals surface area contributed by atoms with Gasteiger partial charge in [0, 0.05) is 23.1 Å². The largest absolute Gasteiger partial charge is 0.483 e. The van der Waals surface area contributed by atoms with E-state index in [1.165, 1.54) is 0 Å². The molecule has 1 heterocycles. The molecule has 0 N–H and O–H groups in total. The maximum Gasteiger partial charge on any atom is 0.264 e. The first-order valence-corrected chi connectivity index (χ1v) is 7.89. The van der Waals surface area contributed by atoms with Crippen LogP contribution in [0.5, 0.6) is 5.75 Å². The predicted octanol–water partition coefficient (Wildman–Crippen LogP) is 3.75. The number of benzene rings is 2. The highest BCUT2D eigenvalue weighted by atomic mass is 16.5. The summed E-state index contributed by atoms with van der Waals surface area (Å²) in [6.07, 6.45) is 1.27. The van der Waals surface area contributed by atoms with Crippen LogP contribution in [-0.4, -0.2) is 15.9 Å². The predicted molar refractivity (Wildman–Crippen MR) is 87.9 cm³/mol. The van der Waals surface area contributed by atoms with Gasteiger partial charge in [0.2, 0.25) is 5.82 Å². The fraction of sp³-hybridized carbons (Fsp3) is 0.211. The number of ether oxygens (including phenoxy) is 1. The minimum absolute atomic E-state index is 0.176. The van der Waals surface area contributed by atoms with Gasteiger partial charge < -0.3 is 9.26 Å². The molecule has 4 rings (SSSR count). The average molecular weight is 320 g/mol. The van der Waals surface area contributed by atoms with Gasteiger partial charge in [0.05, 0.1) is 0 Å². The number of Topliss-reactive ketones (excluding diaryl/α,β-unsaturated/α-hetero) is 1. The van der Waals surface area contributed by atoms with E-state index in [0.717, 1.165) is 28.7 Å². The van der Waals surface area contributed by atoms with Crippen molar-refractivity contribution in [3.8, 4) is 17.1 Å². The van der Waals surface area contributed by atoms with E-state index in [9.17, 15) is 4.79 Å². The standard InChI is InChI=1S/C19H16N2O3/c1-12-5-2-3-6-13(12)19-20-18(24-21-19)11-23-17-8-4-7-14-15(17)9-10-16(14)22/h2-8H,9-11H2,1H3. The third-order valence-electron chi connectivity index (χ3n) is 4.24. The second-order valence-corrected chi connectivity index (χ2v) is 5.82. The molecule has 0 spiro atoms. The highest BCUT2D eigenvalue weighted by molar-refractivity contribution is 6.01. The van der Waals surface area contributed by atoms with Gasteiger partial charge in [0.15, 0.2) is 12.4 Å². The van der Waals surface area contributed by atoms with E-state index in [0.29, 0.717) is 23.9 Å². The molecule has 0 saturated heterocycles. The Balaban J connectivity index is 1.52. The summed E-state index contributed by atoms with van der Waals surface area (Å²) in [6.45, 7) is 2.19. The Hall–Kier alpha value is -2.95. The maximum atomic E-state index is 11.8. The zero-order chi connectivity index (χ0) is 16.5. The Morgan fingerprint density at radius 1 is 1.08 bits per heavy atom. The van der Waals surface area contributed by atoms with E-state index in [1.807, 2.05) is 49.4 Å². The lowest BCUT2D eigenvalue weighted by atomic mass is 10.1.